The second kappa shape index (κ2) is 13.0. The first-order chi connectivity index (χ1) is 12.5. The van der Waals surface area contributed by atoms with Gasteiger partial charge in [-0.1, -0.05) is 44.4 Å². The summed E-state index contributed by atoms with van der Waals surface area (Å²) in [4.78, 5) is 23.0. The number of ether oxygens (including phenoxy) is 1. The molecule has 0 aliphatic heterocycles. The van der Waals surface area contributed by atoms with Crippen LogP contribution >= 0.6 is 0 Å². The number of carbonyl (C=O) groups excluding carboxylic acids is 2. The largest absolute Gasteiger partial charge is 0.462 e. The molecule has 1 amide bonds. The zero-order valence-corrected chi connectivity index (χ0v) is 15.9. The molecule has 1 aromatic rings. The monoisotopic (exact) mass is 360 g/mol. The van der Waals surface area contributed by atoms with Gasteiger partial charge in [0.1, 0.15) is 0 Å². The van der Waals surface area contributed by atoms with Gasteiger partial charge >= 0.3 is 5.97 Å². The maximum Gasteiger partial charge on any atom is 0.333 e. The van der Waals surface area contributed by atoms with E-state index >= 15 is 0 Å². The standard InChI is InChI=1S/C21H32N2O3/c1-17(2)21(25)26-15-8-6-4-3-5-7-12-20(24)23-14-13-18-10-9-11-19(22)16-18/h9-11,16H,1,3-8,12-15,22H2,2H3,(H,23,24). The number of rotatable bonds is 13. The van der Waals surface area contributed by atoms with Crippen LogP contribution in [0.2, 0.25) is 0 Å². The number of hydrogen-bond acceptors (Lipinski definition) is 4. The van der Waals surface area contributed by atoms with Gasteiger partial charge in [0.2, 0.25) is 5.91 Å². The molecule has 5 heteroatoms. The molecule has 0 bridgehead atoms. The molecule has 1 aromatic carbocycles. The number of unbranched alkanes of at least 4 members (excludes halogenated alkanes) is 5. The Balaban J connectivity index is 1.92. The van der Waals surface area contributed by atoms with Crippen LogP contribution in [-0.4, -0.2) is 25.0 Å². The second-order valence-corrected chi connectivity index (χ2v) is 6.63. The fourth-order valence-corrected chi connectivity index (χ4v) is 2.57. The minimum absolute atomic E-state index is 0.112. The number of benzene rings is 1. The van der Waals surface area contributed by atoms with Crippen molar-refractivity contribution in [2.45, 2.75) is 58.3 Å². The first kappa shape index (κ1) is 21.7. The molecule has 26 heavy (non-hydrogen) atoms. The summed E-state index contributed by atoms with van der Waals surface area (Å²) in [7, 11) is 0. The lowest BCUT2D eigenvalue weighted by molar-refractivity contribution is -0.139. The topological polar surface area (TPSA) is 81.4 Å². The summed E-state index contributed by atoms with van der Waals surface area (Å²) in [5, 5.41) is 2.95. The van der Waals surface area contributed by atoms with E-state index in [2.05, 4.69) is 11.9 Å². The number of nitrogens with two attached hydrogens (primary N) is 1. The van der Waals surface area contributed by atoms with Crippen molar-refractivity contribution >= 4 is 17.6 Å². The van der Waals surface area contributed by atoms with Gasteiger partial charge in [0, 0.05) is 24.2 Å². The van der Waals surface area contributed by atoms with E-state index in [4.69, 9.17) is 10.5 Å². The van der Waals surface area contributed by atoms with Crippen LogP contribution in [0.15, 0.2) is 36.4 Å². The van der Waals surface area contributed by atoms with Gasteiger partial charge < -0.3 is 15.8 Å². The van der Waals surface area contributed by atoms with E-state index in [1.165, 1.54) is 0 Å². The zero-order valence-electron chi connectivity index (χ0n) is 15.9. The van der Waals surface area contributed by atoms with Crippen LogP contribution in [0.1, 0.15) is 57.4 Å². The summed E-state index contributed by atoms with van der Waals surface area (Å²) in [5.41, 5.74) is 8.07. The van der Waals surface area contributed by atoms with Gasteiger partial charge in [0.15, 0.2) is 0 Å². The summed E-state index contributed by atoms with van der Waals surface area (Å²) in [6.45, 7) is 6.30. The average Bonchev–Trinajstić information content (AvgIpc) is 2.60. The number of nitrogens with one attached hydrogen (secondary N) is 1. The molecule has 3 N–H and O–H groups in total. The third-order valence-electron chi connectivity index (χ3n) is 4.07. The molecular formula is C21H32N2O3. The molecule has 0 heterocycles. The van der Waals surface area contributed by atoms with E-state index in [-0.39, 0.29) is 11.9 Å². The van der Waals surface area contributed by atoms with Gasteiger partial charge in [-0.2, -0.15) is 0 Å². The van der Waals surface area contributed by atoms with Gasteiger partial charge in [-0.05, 0) is 43.9 Å². The number of amides is 1. The highest BCUT2D eigenvalue weighted by Gasteiger charge is 2.03. The predicted octanol–water partition coefficient (Wildman–Crippen LogP) is 3.78. The Hall–Kier alpha value is -2.30. The molecule has 0 aromatic heterocycles. The molecule has 5 nitrogen and oxygen atoms in total. The smallest absolute Gasteiger partial charge is 0.333 e. The molecule has 0 unspecified atom stereocenters. The van der Waals surface area contributed by atoms with E-state index in [9.17, 15) is 9.59 Å². The highest BCUT2D eigenvalue weighted by molar-refractivity contribution is 5.86. The van der Waals surface area contributed by atoms with Gasteiger partial charge in [-0.25, -0.2) is 4.79 Å². The Morgan fingerprint density at radius 3 is 2.50 bits per heavy atom. The SMILES string of the molecule is C=C(C)C(=O)OCCCCCCCCC(=O)NCCc1cccc(N)c1. The summed E-state index contributed by atoms with van der Waals surface area (Å²) in [6, 6.07) is 7.74. The predicted molar refractivity (Wildman–Crippen MR) is 106 cm³/mol. The molecule has 0 aliphatic rings. The number of carbonyl (C=O) groups is 2. The van der Waals surface area contributed by atoms with E-state index in [0.717, 1.165) is 56.2 Å². The zero-order chi connectivity index (χ0) is 19.2. The van der Waals surface area contributed by atoms with Crippen LogP contribution in [0.4, 0.5) is 5.69 Å². The number of nitrogen functional groups attached to an aromatic ring is 1. The number of anilines is 1. The molecule has 0 saturated heterocycles. The molecule has 144 valence electrons. The maximum absolute atomic E-state index is 11.8. The Bertz CT molecular complexity index is 584. The highest BCUT2D eigenvalue weighted by atomic mass is 16.5. The minimum Gasteiger partial charge on any atom is -0.462 e. The van der Waals surface area contributed by atoms with Crippen LogP contribution in [0.3, 0.4) is 0 Å². The fourth-order valence-electron chi connectivity index (χ4n) is 2.57. The van der Waals surface area contributed by atoms with Crippen LogP contribution in [0.5, 0.6) is 0 Å². The molecule has 0 radical (unpaired) electrons. The maximum atomic E-state index is 11.8. The van der Waals surface area contributed by atoms with E-state index < -0.39 is 0 Å². The lowest BCUT2D eigenvalue weighted by Gasteiger charge is -2.06. The van der Waals surface area contributed by atoms with Crippen molar-refractivity contribution in [3.63, 3.8) is 0 Å². The molecular weight excluding hydrogens is 328 g/mol. The first-order valence-electron chi connectivity index (χ1n) is 9.43. The third kappa shape index (κ3) is 10.5. The minimum atomic E-state index is -0.313. The molecule has 0 aliphatic carbocycles. The van der Waals surface area contributed by atoms with E-state index in [1.54, 1.807) is 6.92 Å². The highest BCUT2D eigenvalue weighted by Crippen LogP contribution is 2.08. The summed E-state index contributed by atoms with van der Waals surface area (Å²) in [6.07, 6.45) is 7.45. The Morgan fingerprint density at radius 2 is 1.81 bits per heavy atom. The number of hydrogen-bond donors (Lipinski definition) is 2. The quantitative estimate of drug-likeness (QED) is 0.243. The van der Waals surface area contributed by atoms with Crippen molar-refractivity contribution in [1.82, 2.24) is 5.32 Å². The van der Waals surface area contributed by atoms with Crippen LogP contribution in [0.25, 0.3) is 0 Å². The average molecular weight is 360 g/mol. The van der Waals surface area contributed by atoms with E-state index in [0.29, 0.717) is 25.1 Å². The van der Waals surface area contributed by atoms with Crippen molar-refractivity contribution in [2.75, 3.05) is 18.9 Å². The summed E-state index contributed by atoms with van der Waals surface area (Å²) >= 11 is 0. The van der Waals surface area contributed by atoms with Gasteiger partial charge in [0.05, 0.1) is 6.61 Å². The van der Waals surface area contributed by atoms with E-state index in [1.807, 2.05) is 24.3 Å². The lowest BCUT2D eigenvalue weighted by atomic mass is 10.1. The van der Waals surface area contributed by atoms with Crippen LogP contribution in [0, 0.1) is 0 Å². The normalized spacial score (nSPS) is 10.3. The van der Waals surface area contributed by atoms with Gasteiger partial charge in [0.25, 0.3) is 0 Å². The van der Waals surface area contributed by atoms with Crippen molar-refractivity contribution in [3.05, 3.63) is 42.0 Å². The summed E-state index contributed by atoms with van der Waals surface area (Å²) < 4.78 is 5.04. The lowest BCUT2D eigenvalue weighted by Crippen LogP contribution is -2.25. The van der Waals surface area contributed by atoms with Crippen molar-refractivity contribution < 1.29 is 14.3 Å². The Morgan fingerprint density at radius 1 is 1.12 bits per heavy atom. The van der Waals surface area contributed by atoms with Gasteiger partial charge in [-0.15, -0.1) is 0 Å². The van der Waals surface area contributed by atoms with Crippen molar-refractivity contribution in [3.8, 4) is 0 Å². The van der Waals surface area contributed by atoms with Crippen molar-refractivity contribution in [2.24, 2.45) is 0 Å². The molecule has 0 saturated carbocycles. The second-order valence-electron chi connectivity index (χ2n) is 6.63. The Kier molecular flexibility index (Phi) is 10.9. The first-order valence-corrected chi connectivity index (χ1v) is 9.43. The van der Waals surface area contributed by atoms with Crippen molar-refractivity contribution in [1.29, 1.82) is 0 Å². The van der Waals surface area contributed by atoms with Gasteiger partial charge in [-0.3, -0.25) is 4.79 Å². The molecule has 0 fully saturated rings. The summed E-state index contributed by atoms with van der Waals surface area (Å²) in [5.74, 6) is -0.202. The third-order valence-corrected chi connectivity index (χ3v) is 4.07. The Labute approximate surface area is 157 Å². The van der Waals surface area contributed by atoms with Crippen LogP contribution in [-0.2, 0) is 20.7 Å². The molecule has 1 rings (SSSR count). The van der Waals surface area contributed by atoms with Crippen LogP contribution < -0.4 is 11.1 Å². The molecule has 0 atom stereocenters. The molecule has 0 spiro atoms. The number of esters is 1. The fraction of sp³-hybridized carbons (Fsp3) is 0.524.